The molecule has 0 atom stereocenters. The highest BCUT2D eigenvalue weighted by atomic mass is 19.3. The molecule has 5 heavy (non-hydrogen) atoms. The van der Waals surface area contributed by atoms with E-state index in [0.717, 1.165) is 6.92 Å². The molecule has 0 fully saturated rings. The molecule has 0 aliphatic carbocycles. The second-order valence-electron chi connectivity index (χ2n) is 0.519. The lowest BCUT2D eigenvalue weighted by molar-refractivity contribution is -0.00000493. The van der Waals surface area contributed by atoms with Crippen molar-refractivity contribution in [3.05, 3.63) is 0 Å². The van der Waals surface area contributed by atoms with Gasteiger partial charge in [0.15, 0.2) is 0 Å². The van der Waals surface area contributed by atoms with Gasteiger partial charge in [0, 0.05) is 0 Å². The second kappa shape index (κ2) is 3.79. The van der Waals surface area contributed by atoms with Gasteiger partial charge in [0.25, 0.3) is 0 Å². The molecule has 0 saturated heterocycles. The third-order valence-corrected chi connectivity index (χ3v) is 0. The van der Waals surface area contributed by atoms with Gasteiger partial charge in [0.2, 0.25) is 6.43 Å². The Labute approximate surface area is 28.2 Å². The third-order valence-electron chi connectivity index (χ3n) is 0. The summed E-state index contributed by atoms with van der Waals surface area (Å²) in [6, 6.07) is 0. The smallest absolute Gasteiger partial charge is 0.235 e. The van der Waals surface area contributed by atoms with Crippen LogP contribution in [0.4, 0.5) is 8.78 Å². The summed E-state index contributed by atoms with van der Waals surface area (Å²) < 4.78 is 20.7. The topological polar surface area (TPSA) is 0 Å². The van der Waals surface area contributed by atoms with E-state index >= 15 is 0 Å². The zero-order valence-electron chi connectivity index (χ0n) is 2.71. The maximum Gasteiger partial charge on any atom is 0.235 e. The van der Waals surface area contributed by atoms with Gasteiger partial charge in [-0.25, -0.2) is 8.78 Å². The summed E-state index contributed by atoms with van der Waals surface area (Å²) in [4.78, 5) is 0. The minimum atomic E-state index is -2.17. The summed E-state index contributed by atoms with van der Waals surface area (Å²) in [5.74, 6) is 0. The van der Waals surface area contributed by atoms with E-state index in [2.05, 4.69) is 0 Å². The van der Waals surface area contributed by atoms with Gasteiger partial charge in [-0.2, -0.15) is 0 Å². The van der Waals surface area contributed by atoms with Gasteiger partial charge in [0.05, 0.1) is 0 Å². The minimum Gasteiger partial charge on any atom is -1.00 e. The van der Waals surface area contributed by atoms with Crippen molar-refractivity contribution in [3.63, 3.8) is 0 Å². The van der Waals surface area contributed by atoms with Crippen molar-refractivity contribution in [2.75, 3.05) is 0 Å². The molecule has 0 amide bonds. The Morgan fingerprint density at radius 2 is 1.40 bits per heavy atom. The molecular formula is C2H4F3-. The van der Waals surface area contributed by atoms with E-state index < -0.39 is 6.43 Å². The van der Waals surface area contributed by atoms with Gasteiger partial charge < -0.3 is 4.70 Å². The Balaban J connectivity index is 0. The highest BCUT2D eigenvalue weighted by Crippen LogP contribution is 1.82. The fourth-order valence-electron chi connectivity index (χ4n) is 0. The van der Waals surface area contributed by atoms with E-state index in [1.807, 2.05) is 0 Å². The van der Waals surface area contributed by atoms with Crippen LogP contribution in [0.15, 0.2) is 0 Å². The number of hydrogen-bond donors (Lipinski definition) is 0. The quantitative estimate of drug-likeness (QED) is 0.328. The molecule has 0 aromatic heterocycles. The van der Waals surface area contributed by atoms with Crippen molar-refractivity contribution >= 4 is 0 Å². The summed E-state index contributed by atoms with van der Waals surface area (Å²) in [6.45, 7) is 0.833. The van der Waals surface area contributed by atoms with Crippen LogP contribution in [-0.2, 0) is 0 Å². The molecule has 0 spiro atoms. The van der Waals surface area contributed by atoms with E-state index in [1.165, 1.54) is 0 Å². The molecule has 0 aliphatic heterocycles. The van der Waals surface area contributed by atoms with Gasteiger partial charge in [0.1, 0.15) is 0 Å². The average molecular weight is 85.0 g/mol. The Kier molecular flexibility index (Phi) is 6.70. The van der Waals surface area contributed by atoms with Gasteiger partial charge in [-0.3, -0.25) is 0 Å². The molecule has 0 aromatic rings. The van der Waals surface area contributed by atoms with E-state index in [1.54, 1.807) is 0 Å². The van der Waals surface area contributed by atoms with Crippen LogP contribution in [0.25, 0.3) is 0 Å². The summed E-state index contributed by atoms with van der Waals surface area (Å²) in [5.41, 5.74) is 0. The van der Waals surface area contributed by atoms with Crippen LogP contribution in [-0.4, -0.2) is 6.43 Å². The monoisotopic (exact) mass is 85.0 g/mol. The maximum absolute atomic E-state index is 10.3. The van der Waals surface area contributed by atoms with Gasteiger partial charge in [-0.15, -0.1) is 0 Å². The molecule has 0 bridgehead atoms. The largest absolute Gasteiger partial charge is 1.00 e. The van der Waals surface area contributed by atoms with Crippen molar-refractivity contribution in [3.8, 4) is 0 Å². The molecule has 0 saturated carbocycles. The van der Waals surface area contributed by atoms with Gasteiger partial charge in [-0.1, -0.05) is 0 Å². The normalized spacial score (nSPS) is 7.20. The molecule has 0 radical (unpaired) electrons. The number of hydrogen-bond acceptors (Lipinski definition) is 0. The highest BCUT2D eigenvalue weighted by Gasteiger charge is 1.79. The fraction of sp³-hybridized carbons (Fsp3) is 1.00. The lowest BCUT2D eigenvalue weighted by atomic mass is 10.9. The van der Waals surface area contributed by atoms with E-state index in [9.17, 15) is 8.78 Å². The van der Waals surface area contributed by atoms with Crippen molar-refractivity contribution in [2.24, 2.45) is 0 Å². The Bertz CT molecular complexity index is 9.61. The predicted molar refractivity (Wildman–Crippen MR) is 11.7 cm³/mol. The Morgan fingerprint density at radius 1 is 1.40 bits per heavy atom. The highest BCUT2D eigenvalue weighted by molar-refractivity contribution is 4.06. The molecule has 3 heteroatoms. The van der Waals surface area contributed by atoms with Crippen LogP contribution in [0.2, 0.25) is 0 Å². The fourth-order valence-corrected chi connectivity index (χ4v) is 0. The summed E-state index contributed by atoms with van der Waals surface area (Å²) in [5, 5.41) is 0. The molecule has 0 unspecified atom stereocenters. The Morgan fingerprint density at radius 3 is 1.40 bits per heavy atom. The predicted octanol–water partition coefficient (Wildman–Crippen LogP) is -1.72. The first-order chi connectivity index (χ1) is 1.73. The van der Waals surface area contributed by atoms with Crippen molar-refractivity contribution in [2.45, 2.75) is 13.3 Å². The molecule has 0 nitrogen and oxygen atoms in total. The van der Waals surface area contributed by atoms with Crippen LogP contribution in [0.5, 0.6) is 0 Å². The second-order valence-corrected chi connectivity index (χ2v) is 0.519. The first-order valence-corrected chi connectivity index (χ1v) is 1.01. The zero-order valence-corrected chi connectivity index (χ0v) is 2.71. The molecular weight excluding hydrogens is 81.0 g/mol. The molecule has 0 rings (SSSR count). The summed E-state index contributed by atoms with van der Waals surface area (Å²) in [7, 11) is 0. The standard InChI is InChI=1S/C2H4F2.FH/c1-2(3)4;/h2H,1H3;1H/p-1. The molecule has 0 aromatic carbocycles. The maximum atomic E-state index is 10.3. The van der Waals surface area contributed by atoms with Crippen molar-refractivity contribution < 1.29 is 13.5 Å². The van der Waals surface area contributed by atoms with Gasteiger partial charge >= 0.3 is 0 Å². The van der Waals surface area contributed by atoms with Crippen LogP contribution < -0.4 is 4.70 Å². The summed E-state index contributed by atoms with van der Waals surface area (Å²) >= 11 is 0. The molecule has 0 heterocycles. The first kappa shape index (κ1) is 8.84. The molecule has 34 valence electrons. The first-order valence-electron chi connectivity index (χ1n) is 1.01. The Hall–Kier alpha value is -0.210. The van der Waals surface area contributed by atoms with Crippen LogP contribution in [0, 0.1) is 0 Å². The van der Waals surface area contributed by atoms with Gasteiger partial charge in [-0.05, 0) is 6.92 Å². The lowest BCUT2D eigenvalue weighted by Gasteiger charge is -1.70. The van der Waals surface area contributed by atoms with E-state index in [0.29, 0.717) is 0 Å². The number of rotatable bonds is 0. The third kappa shape index (κ3) is 275. The molecule has 0 N–H and O–H groups in total. The average Bonchev–Trinajstić information content (AvgIpc) is 0.811. The van der Waals surface area contributed by atoms with Crippen LogP contribution in [0.1, 0.15) is 6.92 Å². The van der Waals surface area contributed by atoms with Crippen molar-refractivity contribution in [1.29, 1.82) is 0 Å². The van der Waals surface area contributed by atoms with E-state index in [-0.39, 0.29) is 4.70 Å². The van der Waals surface area contributed by atoms with E-state index in [4.69, 9.17) is 0 Å². The van der Waals surface area contributed by atoms with Crippen molar-refractivity contribution in [1.82, 2.24) is 0 Å². The molecule has 0 aliphatic rings. The summed E-state index contributed by atoms with van der Waals surface area (Å²) in [6.07, 6.45) is -2.17. The number of alkyl halides is 2. The minimum absolute atomic E-state index is 0. The van der Waals surface area contributed by atoms with Crippen LogP contribution >= 0.6 is 0 Å². The SMILES string of the molecule is CC(F)F.[F-]. The zero-order chi connectivity index (χ0) is 3.58. The van der Waals surface area contributed by atoms with Crippen LogP contribution in [0.3, 0.4) is 0 Å². The lowest BCUT2D eigenvalue weighted by Crippen LogP contribution is -3.00. The number of halogens is 3.